The van der Waals surface area contributed by atoms with Crippen LogP contribution in [0.5, 0.6) is 0 Å². The summed E-state index contributed by atoms with van der Waals surface area (Å²) in [6.45, 7) is 5.09. The fourth-order valence-corrected chi connectivity index (χ4v) is 3.10. The Hall–Kier alpha value is -2.61. The molecular formula is C17H20ClN5O3. The number of aromatic nitrogens is 3. The first-order valence-electron chi connectivity index (χ1n) is 8.46. The fraction of sp³-hybridized carbons (Fsp3) is 0.412. The highest BCUT2D eigenvalue weighted by molar-refractivity contribution is 6.33. The largest absolute Gasteiger partial charge is 0.462 e. The van der Waals surface area contributed by atoms with Crippen LogP contribution in [-0.4, -0.2) is 53.9 Å². The van der Waals surface area contributed by atoms with Crippen molar-refractivity contribution in [2.75, 3.05) is 42.6 Å². The van der Waals surface area contributed by atoms with Crippen molar-refractivity contribution in [1.29, 1.82) is 0 Å². The number of H-pyrrole nitrogens is 1. The first-order chi connectivity index (χ1) is 12.6. The molecule has 0 unspecified atom stereocenters. The van der Waals surface area contributed by atoms with Gasteiger partial charge in [-0.3, -0.25) is 4.79 Å². The minimum atomic E-state index is -0.388. The summed E-state index contributed by atoms with van der Waals surface area (Å²) in [5.74, 6) is 0.431. The Morgan fingerprint density at radius 2 is 2.00 bits per heavy atom. The summed E-state index contributed by atoms with van der Waals surface area (Å²) >= 11 is 6.11. The lowest BCUT2D eigenvalue weighted by atomic mass is 10.2. The molecule has 0 aromatic carbocycles. The molecule has 0 bridgehead atoms. The quantitative estimate of drug-likeness (QED) is 0.811. The highest BCUT2D eigenvalue weighted by Crippen LogP contribution is 2.23. The molecule has 0 spiro atoms. The SMILES string of the molecule is CCOC(=O)c1ccc(N2CCCN(c3cn[nH]c(=O)c3Cl)CC2)nc1. The third-order valence-electron chi connectivity index (χ3n) is 4.20. The number of esters is 1. The molecule has 138 valence electrons. The number of pyridine rings is 1. The molecule has 1 N–H and O–H groups in total. The van der Waals surface area contributed by atoms with Gasteiger partial charge in [0.2, 0.25) is 0 Å². The van der Waals surface area contributed by atoms with Crippen LogP contribution in [0.2, 0.25) is 5.02 Å². The number of carbonyl (C=O) groups excluding carboxylic acids is 1. The second kappa shape index (κ2) is 8.18. The number of carbonyl (C=O) groups is 1. The predicted molar refractivity (Wildman–Crippen MR) is 99.1 cm³/mol. The molecule has 8 nitrogen and oxygen atoms in total. The van der Waals surface area contributed by atoms with Crippen LogP contribution in [0.4, 0.5) is 11.5 Å². The van der Waals surface area contributed by atoms with Crippen molar-refractivity contribution in [3.8, 4) is 0 Å². The van der Waals surface area contributed by atoms with Gasteiger partial charge in [-0.1, -0.05) is 11.6 Å². The zero-order valence-corrected chi connectivity index (χ0v) is 15.2. The Bertz CT molecular complexity index is 824. The normalized spacial score (nSPS) is 14.8. The molecule has 9 heteroatoms. The number of aromatic amines is 1. The molecule has 1 aliphatic rings. The van der Waals surface area contributed by atoms with Crippen molar-refractivity contribution in [2.24, 2.45) is 0 Å². The van der Waals surface area contributed by atoms with Gasteiger partial charge in [0.1, 0.15) is 10.8 Å². The van der Waals surface area contributed by atoms with Gasteiger partial charge in [-0.2, -0.15) is 5.10 Å². The minimum absolute atomic E-state index is 0.158. The Balaban J connectivity index is 1.69. The number of nitrogens with zero attached hydrogens (tertiary/aromatic N) is 4. The zero-order valence-electron chi connectivity index (χ0n) is 14.4. The van der Waals surface area contributed by atoms with E-state index in [1.165, 1.54) is 6.20 Å². The van der Waals surface area contributed by atoms with Gasteiger partial charge in [0.25, 0.3) is 5.56 Å². The second-order valence-corrected chi connectivity index (χ2v) is 6.23. The fourth-order valence-electron chi connectivity index (χ4n) is 2.89. The molecule has 0 saturated carbocycles. The van der Waals surface area contributed by atoms with Crippen molar-refractivity contribution in [3.63, 3.8) is 0 Å². The van der Waals surface area contributed by atoms with Crippen molar-refractivity contribution < 1.29 is 9.53 Å². The van der Waals surface area contributed by atoms with E-state index < -0.39 is 0 Å². The third kappa shape index (κ3) is 3.96. The van der Waals surface area contributed by atoms with Crippen molar-refractivity contribution in [2.45, 2.75) is 13.3 Å². The molecule has 0 radical (unpaired) electrons. The molecule has 0 atom stereocenters. The summed E-state index contributed by atoms with van der Waals surface area (Å²) in [5, 5.41) is 6.32. The van der Waals surface area contributed by atoms with Crippen molar-refractivity contribution in [1.82, 2.24) is 15.2 Å². The van der Waals surface area contributed by atoms with Gasteiger partial charge in [0, 0.05) is 32.4 Å². The van der Waals surface area contributed by atoms with E-state index in [9.17, 15) is 9.59 Å². The molecule has 26 heavy (non-hydrogen) atoms. The molecule has 2 aromatic heterocycles. The summed E-state index contributed by atoms with van der Waals surface area (Å²) in [7, 11) is 0. The van der Waals surface area contributed by atoms with Gasteiger partial charge in [-0.15, -0.1) is 0 Å². The average Bonchev–Trinajstić information content (AvgIpc) is 2.90. The maximum Gasteiger partial charge on any atom is 0.339 e. The van der Waals surface area contributed by atoms with E-state index >= 15 is 0 Å². The monoisotopic (exact) mass is 377 g/mol. The summed E-state index contributed by atoms with van der Waals surface area (Å²) in [4.78, 5) is 32.0. The highest BCUT2D eigenvalue weighted by atomic mass is 35.5. The second-order valence-electron chi connectivity index (χ2n) is 5.85. The lowest BCUT2D eigenvalue weighted by Crippen LogP contribution is -2.32. The average molecular weight is 378 g/mol. The van der Waals surface area contributed by atoms with Gasteiger partial charge in [0.05, 0.1) is 24.1 Å². The van der Waals surface area contributed by atoms with Crippen molar-refractivity contribution in [3.05, 3.63) is 45.5 Å². The summed E-state index contributed by atoms with van der Waals surface area (Å²) in [6.07, 6.45) is 3.99. The van der Waals surface area contributed by atoms with Crippen LogP contribution in [0.15, 0.2) is 29.3 Å². The minimum Gasteiger partial charge on any atom is -0.462 e. The molecular weight excluding hydrogens is 358 g/mol. The molecule has 0 amide bonds. The first-order valence-corrected chi connectivity index (χ1v) is 8.84. The van der Waals surface area contributed by atoms with Gasteiger partial charge in [0.15, 0.2) is 0 Å². The van der Waals surface area contributed by atoms with E-state index in [1.807, 2.05) is 6.07 Å². The summed E-state index contributed by atoms with van der Waals surface area (Å²) in [5.41, 5.74) is 0.692. The van der Waals surface area contributed by atoms with Crippen molar-refractivity contribution >= 4 is 29.1 Å². The van der Waals surface area contributed by atoms with E-state index in [4.69, 9.17) is 16.3 Å². The van der Waals surface area contributed by atoms with E-state index in [-0.39, 0.29) is 16.6 Å². The Morgan fingerprint density at radius 1 is 1.23 bits per heavy atom. The number of nitrogens with one attached hydrogen (secondary N) is 1. The zero-order chi connectivity index (χ0) is 18.5. The Labute approximate surface area is 155 Å². The van der Waals surface area contributed by atoms with Crippen LogP contribution in [0.3, 0.4) is 0 Å². The van der Waals surface area contributed by atoms with Crippen LogP contribution in [0.25, 0.3) is 0 Å². The maximum atomic E-state index is 11.7. The van der Waals surface area contributed by atoms with Crippen LogP contribution >= 0.6 is 11.6 Å². The van der Waals surface area contributed by atoms with E-state index in [2.05, 4.69) is 25.0 Å². The topological polar surface area (TPSA) is 91.4 Å². The lowest BCUT2D eigenvalue weighted by Gasteiger charge is -2.24. The van der Waals surface area contributed by atoms with Crippen LogP contribution < -0.4 is 15.4 Å². The van der Waals surface area contributed by atoms with Gasteiger partial charge in [-0.05, 0) is 25.5 Å². The van der Waals surface area contributed by atoms with Crippen LogP contribution in [-0.2, 0) is 4.74 Å². The number of hydrogen-bond donors (Lipinski definition) is 1. The Kier molecular flexibility index (Phi) is 5.72. The predicted octanol–water partition coefficient (Wildman–Crippen LogP) is 1.71. The molecule has 3 heterocycles. The number of hydrogen-bond acceptors (Lipinski definition) is 7. The molecule has 3 rings (SSSR count). The Morgan fingerprint density at radius 3 is 2.73 bits per heavy atom. The third-order valence-corrected chi connectivity index (χ3v) is 4.56. The highest BCUT2D eigenvalue weighted by Gasteiger charge is 2.19. The molecule has 1 aliphatic heterocycles. The summed E-state index contributed by atoms with van der Waals surface area (Å²) in [6, 6.07) is 3.55. The van der Waals surface area contributed by atoms with Gasteiger partial charge >= 0.3 is 5.97 Å². The van der Waals surface area contributed by atoms with Crippen LogP contribution in [0.1, 0.15) is 23.7 Å². The number of rotatable bonds is 4. The molecule has 1 saturated heterocycles. The van der Waals surface area contributed by atoms with E-state index in [0.717, 1.165) is 31.9 Å². The van der Waals surface area contributed by atoms with E-state index in [0.29, 0.717) is 24.4 Å². The maximum absolute atomic E-state index is 11.7. The molecule has 2 aromatic rings. The summed E-state index contributed by atoms with van der Waals surface area (Å²) < 4.78 is 4.97. The van der Waals surface area contributed by atoms with Gasteiger partial charge < -0.3 is 14.5 Å². The smallest absolute Gasteiger partial charge is 0.339 e. The molecule has 0 aliphatic carbocycles. The molecule has 1 fully saturated rings. The number of anilines is 2. The first kappa shape index (κ1) is 18.2. The lowest BCUT2D eigenvalue weighted by molar-refractivity contribution is 0.0526. The van der Waals surface area contributed by atoms with Crippen LogP contribution in [0, 0.1) is 0 Å². The number of halogens is 1. The van der Waals surface area contributed by atoms with E-state index in [1.54, 1.807) is 19.2 Å². The van der Waals surface area contributed by atoms with Gasteiger partial charge in [-0.25, -0.2) is 14.9 Å². The standard InChI is InChI=1S/C17H20ClN5O3/c1-2-26-17(25)12-4-5-14(19-10-12)23-7-3-6-22(8-9-23)13-11-20-21-16(24)15(13)18/h4-5,10-11H,2-3,6-9H2,1H3,(H,21,24). The number of ether oxygens (including phenoxy) is 1.